The molecule has 0 bridgehead atoms. The third-order valence-electron chi connectivity index (χ3n) is 8.08. The first-order valence-electron chi connectivity index (χ1n) is 11.8. The molecule has 3 aliphatic heterocycles. The van der Waals surface area contributed by atoms with Gasteiger partial charge in [-0.1, -0.05) is 28.8 Å². The Labute approximate surface area is 197 Å². The molecule has 0 fully saturated rings. The number of benzene rings is 2. The third kappa shape index (κ3) is 1.51. The fraction of sp³-hybridized carbons (Fsp3) is 0.0345. The van der Waals surface area contributed by atoms with Crippen molar-refractivity contribution in [3.8, 4) is 22.9 Å². The van der Waals surface area contributed by atoms with Gasteiger partial charge in [-0.15, -0.1) is 4.57 Å². The molecule has 160 valence electrons. The Kier molecular flexibility index (Phi) is 2.45. The van der Waals surface area contributed by atoms with E-state index in [2.05, 4.69) is 92.5 Å². The number of aromatic nitrogens is 5. The van der Waals surface area contributed by atoms with Gasteiger partial charge in [0.25, 0.3) is 5.52 Å². The van der Waals surface area contributed by atoms with Gasteiger partial charge in [-0.25, -0.2) is 4.98 Å². The SMILES string of the molecule is c1cc2c3c(c1)-c1cccc[n+]1C31c3c4ccccc4n4c5nccnc5c5ccc([n+]1c5c34)O2. The summed E-state index contributed by atoms with van der Waals surface area (Å²) in [6.45, 7) is 0. The van der Waals surface area contributed by atoms with Crippen molar-refractivity contribution >= 4 is 38.5 Å². The molecular weight excluding hydrogens is 434 g/mol. The van der Waals surface area contributed by atoms with Crippen LogP contribution < -0.4 is 13.9 Å². The largest absolute Gasteiger partial charge is 0.426 e. The van der Waals surface area contributed by atoms with Gasteiger partial charge in [0.15, 0.2) is 23.2 Å². The number of pyridine rings is 3. The maximum atomic E-state index is 6.61. The summed E-state index contributed by atoms with van der Waals surface area (Å²) in [6, 6.07) is 25.7. The lowest BCUT2D eigenvalue weighted by Crippen LogP contribution is -2.72. The molecule has 6 heteroatoms. The predicted molar refractivity (Wildman–Crippen MR) is 129 cm³/mol. The maximum absolute atomic E-state index is 6.61. The molecule has 7 aromatic rings. The summed E-state index contributed by atoms with van der Waals surface area (Å²) < 4.78 is 13.7. The predicted octanol–water partition coefficient (Wildman–Crippen LogP) is 4.46. The Morgan fingerprint density at radius 2 is 1.71 bits per heavy atom. The van der Waals surface area contributed by atoms with Gasteiger partial charge in [-0.05, 0) is 30.3 Å². The van der Waals surface area contributed by atoms with Gasteiger partial charge in [-0.3, -0.25) is 9.38 Å². The maximum Gasteiger partial charge on any atom is 0.426 e. The minimum atomic E-state index is -0.594. The van der Waals surface area contributed by atoms with E-state index in [1.165, 1.54) is 33.3 Å². The van der Waals surface area contributed by atoms with Crippen LogP contribution in [0, 0.1) is 0 Å². The van der Waals surface area contributed by atoms with Crippen molar-refractivity contribution in [2.24, 2.45) is 0 Å². The highest BCUT2D eigenvalue weighted by atomic mass is 16.5. The molecule has 3 aliphatic rings. The molecule has 0 aliphatic carbocycles. The Hall–Kier alpha value is -4.84. The van der Waals surface area contributed by atoms with Crippen molar-refractivity contribution in [1.82, 2.24) is 14.4 Å². The summed E-state index contributed by atoms with van der Waals surface area (Å²) in [4.78, 5) is 9.65. The average Bonchev–Trinajstić information content (AvgIpc) is 3.53. The van der Waals surface area contributed by atoms with E-state index in [1.807, 2.05) is 0 Å². The van der Waals surface area contributed by atoms with Gasteiger partial charge >= 0.3 is 11.5 Å². The summed E-state index contributed by atoms with van der Waals surface area (Å²) in [7, 11) is 0. The summed E-state index contributed by atoms with van der Waals surface area (Å²) in [6.07, 6.45) is 5.77. The lowest BCUT2D eigenvalue weighted by molar-refractivity contribution is -0.952. The van der Waals surface area contributed by atoms with E-state index in [0.717, 1.165) is 39.2 Å². The van der Waals surface area contributed by atoms with Crippen molar-refractivity contribution in [1.29, 1.82) is 0 Å². The first-order valence-corrected chi connectivity index (χ1v) is 11.8. The fourth-order valence-electron chi connectivity index (χ4n) is 7.03. The minimum absolute atomic E-state index is 0.594. The zero-order chi connectivity index (χ0) is 22.5. The normalized spacial score (nSPS) is 18.1. The van der Waals surface area contributed by atoms with Crippen LogP contribution in [0.1, 0.15) is 11.1 Å². The van der Waals surface area contributed by atoms with Crippen molar-refractivity contribution in [3.63, 3.8) is 0 Å². The molecule has 0 saturated carbocycles. The number of para-hydroxylation sites is 1. The monoisotopic (exact) mass is 449 g/mol. The topological polar surface area (TPSA) is 47.2 Å². The van der Waals surface area contributed by atoms with Gasteiger partial charge < -0.3 is 4.74 Å². The molecule has 5 aromatic heterocycles. The highest BCUT2D eigenvalue weighted by molar-refractivity contribution is 6.14. The first kappa shape index (κ1) is 16.7. The second-order valence-electron chi connectivity index (χ2n) is 9.48. The Morgan fingerprint density at radius 3 is 2.71 bits per heavy atom. The molecule has 1 atom stereocenters. The van der Waals surface area contributed by atoms with E-state index in [9.17, 15) is 0 Å². The van der Waals surface area contributed by atoms with Crippen LogP contribution in [0.3, 0.4) is 0 Å². The molecule has 0 radical (unpaired) electrons. The van der Waals surface area contributed by atoms with E-state index in [1.54, 1.807) is 12.4 Å². The number of fused-ring (bicyclic) bond motifs is 8. The number of nitrogens with zero attached hydrogens (tertiary/aromatic N) is 5. The van der Waals surface area contributed by atoms with Crippen molar-refractivity contribution in [2.45, 2.75) is 5.66 Å². The van der Waals surface area contributed by atoms with Crippen molar-refractivity contribution in [2.75, 3.05) is 0 Å². The number of hydrogen-bond donors (Lipinski definition) is 0. The van der Waals surface area contributed by atoms with Crippen LogP contribution in [0.5, 0.6) is 11.6 Å². The highest BCUT2D eigenvalue weighted by Crippen LogP contribution is 2.55. The summed E-state index contributed by atoms with van der Waals surface area (Å²) in [5, 5.41) is 2.30. The van der Waals surface area contributed by atoms with Crippen molar-refractivity contribution < 1.29 is 13.9 Å². The molecule has 0 saturated heterocycles. The molecule has 0 N–H and O–H groups in total. The number of hydrogen-bond acceptors (Lipinski definition) is 3. The molecule has 2 aromatic carbocycles. The summed E-state index contributed by atoms with van der Waals surface area (Å²) >= 11 is 0. The molecule has 8 heterocycles. The van der Waals surface area contributed by atoms with Crippen LogP contribution in [0.25, 0.3) is 49.7 Å². The second-order valence-corrected chi connectivity index (χ2v) is 9.48. The minimum Gasteiger partial charge on any atom is -0.404 e. The summed E-state index contributed by atoms with van der Waals surface area (Å²) in [5.74, 6) is 1.74. The van der Waals surface area contributed by atoms with Crippen molar-refractivity contribution in [3.05, 3.63) is 103 Å². The zero-order valence-corrected chi connectivity index (χ0v) is 18.3. The molecule has 0 amide bonds. The Balaban J connectivity index is 1.63. The lowest BCUT2D eigenvalue weighted by Gasteiger charge is -2.24. The highest BCUT2D eigenvalue weighted by Gasteiger charge is 2.71. The number of ether oxygens (including phenoxy) is 1. The number of rotatable bonds is 0. The molecule has 1 unspecified atom stereocenters. The van der Waals surface area contributed by atoms with Crippen LogP contribution >= 0.6 is 0 Å². The molecule has 35 heavy (non-hydrogen) atoms. The van der Waals surface area contributed by atoms with Crippen LogP contribution in [0.2, 0.25) is 0 Å². The van der Waals surface area contributed by atoms with E-state index >= 15 is 0 Å². The van der Waals surface area contributed by atoms with Crippen LogP contribution in [-0.2, 0) is 5.66 Å². The van der Waals surface area contributed by atoms with Gasteiger partial charge in [0.05, 0.1) is 22.5 Å². The second kappa shape index (κ2) is 5.13. The average molecular weight is 449 g/mol. The molecule has 6 nitrogen and oxygen atoms in total. The zero-order valence-electron chi connectivity index (χ0n) is 18.3. The molecule has 10 rings (SSSR count). The first-order chi connectivity index (χ1) is 17.4. The lowest BCUT2D eigenvalue weighted by atomic mass is 9.89. The Morgan fingerprint density at radius 1 is 0.800 bits per heavy atom. The van der Waals surface area contributed by atoms with E-state index < -0.39 is 5.66 Å². The van der Waals surface area contributed by atoms with Gasteiger partial charge in [0.2, 0.25) is 5.69 Å². The molecule has 1 spiro atoms. The van der Waals surface area contributed by atoms with Gasteiger partial charge in [0, 0.05) is 29.9 Å². The van der Waals surface area contributed by atoms with Crippen LogP contribution in [0.4, 0.5) is 0 Å². The van der Waals surface area contributed by atoms with Crippen LogP contribution in [0.15, 0.2) is 91.4 Å². The van der Waals surface area contributed by atoms with Gasteiger partial charge in [-0.2, -0.15) is 0 Å². The smallest absolute Gasteiger partial charge is 0.404 e. The Bertz CT molecular complexity index is 2160. The van der Waals surface area contributed by atoms with E-state index in [0.29, 0.717) is 0 Å². The van der Waals surface area contributed by atoms with E-state index in [-0.39, 0.29) is 0 Å². The quantitative estimate of drug-likeness (QED) is 0.254. The fourth-order valence-corrected chi connectivity index (χ4v) is 7.03. The standard InChI is InChI=1S/C29H15N5O/c1-2-9-20-17(6-1)24-27-26-18(25-28(33(20)27)31-14-13-30-25)11-12-22-34(26)29(24)23-16(7-5-10-21(23)35-22)19-8-3-4-15-32(19)29/h1-15H/q+2. The van der Waals surface area contributed by atoms with Crippen LogP contribution in [-0.4, -0.2) is 14.4 Å². The summed E-state index contributed by atoms with van der Waals surface area (Å²) in [5.41, 5.74) is 9.47. The molecular formula is C29H15N5O+2. The van der Waals surface area contributed by atoms with Gasteiger partial charge in [0.1, 0.15) is 16.6 Å². The van der Waals surface area contributed by atoms with E-state index in [4.69, 9.17) is 14.7 Å². The third-order valence-corrected chi connectivity index (χ3v) is 8.08.